The maximum atomic E-state index is 13.0. The lowest BCUT2D eigenvalue weighted by Crippen LogP contribution is -2.47. The Morgan fingerprint density at radius 2 is 1.81 bits per heavy atom. The van der Waals surface area contributed by atoms with Crippen LogP contribution in [0.3, 0.4) is 0 Å². The largest absolute Gasteiger partial charge is 0.380 e. The number of hydrogen-bond donors (Lipinski definition) is 2. The van der Waals surface area contributed by atoms with Gasteiger partial charge in [0.1, 0.15) is 11.9 Å². The Morgan fingerprint density at radius 1 is 1.12 bits per heavy atom. The van der Waals surface area contributed by atoms with Gasteiger partial charge in [0, 0.05) is 18.4 Å². The zero-order valence-corrected chi connectivity index (χ0v) is 15.1. The van der Waals surface area contributed by atoms with Crippen LogP contribution in [0.4, 0.5) is 10.1 Å². The molecule has 0 saturated heterocycles. The number of amides is 2. The molecular formula is C20H23FN2O3. The Labute approximate surface area is 152 Å². The number of hydrogen-bond acceptors (Lipinski definition) is 3. The van der Waals surface area contributed by atoms with E-state index in [4.69, 9.17) is 4.74 Å². The summed E-state index contributed by atoms with van der Waals surface area (Å²) >= 11 is 0. The SMILES string of the molecule is COCc1cccc(NC(=O)C(NC(=O)c2ccc(F)cc2)C(C)C)c1. The minimum Gasteiger partial charge on any atom is -0.380 e. The highest BCUT2D eigenvalue weighted by molar-refractivity contribution is 6.01. The molecular weight excluding hydrogens is 335 g/mol. The molecule has 0 aromatic heterocycles. The van der Waals surface area contributed by atoms with Gasteiger partial charge >= 0.3 is 0 Å². The fourth-order valence-corrected chi connectivity index (χ4v) is 2.49. The highest BCUT2D eigenvalue weighted by Gasteiger charge is 2.24. The van der Waals surface area contributed by atoms with Crippen LogP contribution in [0.5, 0.6) is 0 Å². The van der Waals surface area contributed by atoms with Crippen molar-refractivity contribution < 1.29 is 18.7 Å². The zero-order chi connectivity index (χ0) is 19.1. The summed E-state index contributed by atoms with van der Waals surface area (Å²) in [5, 5.41) is 5.53. The van der Waals surface area contributed by atoms with Crippen molar-refractivity contribution in [2.45, 2.75) is 26.5 Å². The van der Waals surface area contributed by atoms with Crippen molar-refractivity contribution in [1.82, 2.24) is 5.32 Å². The fourth-order valence-electron chi connectivity index (χ4n) is 2.49. The average Bonchev–Trinajstić information content (AvgIpc) is 2.60. The molecule has 6 heteroatoms. The van der Waals surface area contributed by atoms with E-state index in [0.717, 1.165) is 5.56 Å². The van der Waals surface area contributed by atoms with Gasteiger partial charge in [-0.2, -0.15) is 0 Å². The van der Waals surface area contributed by atoms with E-state index in [0.29, 0.717) is 17.9 Å². The standard InChI is InChI=1S/C20H23FN2O3/c1-13(2)18(23-19(24)15-7-9-16(21)10-8-15)20(25)22-17-6-4-5-14(11-17)12-26-3/h4-11,13,18H,12H2,1-3H3,(H,22,25)(H,23,24). The van der Waals surface area contributed by atoms with E-state index in [1.807, 2.05) is 32.0 Å². The number of methoxy groups -OCH3 is 1. The van der Waals surface area contributed by atoms with E-state index in [1.54, 1.807) is 13.2 Å². The molecule has 0 saturated carbocycles. The molecule has 0 fully saturated rings. The van der Waals surface area contributed by atoms with E-state index in [2.05, 4.69) is 10.6 Å². The van der Waals surface area contributed by atoms with Crippen molar-refractivity contribution in [3.05, 3.63) is 65.5 Å². The third-order valence-corrected chi connectivity index (χ3v) is 3.85. The van der Waals surface area contributed by atoms with Gasteiger partial charge in [-0.15, -0.1) is 0 Å². The van der Waals surface area contributed by atoms with Crippen molar-refractivity contribution in [3.63, 3.8) is 0 Å². The second kappa shape index (κ2) is 9.10. The Balaban J connectivity index is 2.08. The first-order chi connectivity index (χ1) is 12.4. The third-order valence-electron chi connectivity index (χ3n) is 3.85. The molecule has 2 rings (SSSR count). The number of nitrogens with one attached hydrogen (secondary N) is 2. The van der Waals surface area contributed by atoms with E-state index in [9.17, 15) is 14.0 Å². The molecule has 0 heterocycles. The highest BCUT2D eigenvalue weighted by Crippen LogP contribution is 2.14. The summed E-state index contributed by atoms with van der Waals surface area (Å²) in [4.78, 5) is 25.0. The normalized spacial score (nSPS) is 11.9. The quantitative estimate of drug-likeness (QED) is 0.797. The smallest absolute Gasteiger partial charge is 0.251 e. The fraction of sp³-hybridized carbons (Fsp3) is 0.300. The molecule has 0 aliphatic heterocycles. The molecule has 2 aromatic rings. The second-order valence-corrected chi connectivity index (χ2v) is 6.32. The van der Waals surface area contributed by atoms with Crippen molar-refractivity contribution >= 4 is 17.5 Å². The van der Waals surface area contributed by atoms with Crippen LogP contribution in [-0.4, -0.2) is 25.0 Å². The van der Waals surface area contributed by atoms with Gasteiger partial charge in [-0.3, -0.25) is 9.59 Å². The molecule has 26 heavy (non-hydrogen) atoms. The van der Waals surface area contributed by atoms with E-state index < -0.39 is 17.8 Å². The summed E-state index contributed by atoms with van der Waals surface area (Å²) < 4.78 is 18.1. The summed E-state index contributed by atoms with van der Waals surface area (Å²) in [7, 11) is 1.60. The Kier molecular flexibility index (Phi) is 6.86. The summed E-state index contributed by atoms with van der Waals surface area (Å²) in [6.07, 6.45) is 0. The van der Waals surface area contributed by atoms with Gasteiger partial charge in [0.2, 0.25) is 5.91 Å². The first kappa shape index (κ1) is 19.6. The Bertz CT molecular complexity index is 760. The van der Waals surface area contributed by atoms with Crippen LogP contribution in [0.1, 0.15) is 29.8 Å². The number of carbonyl (C=O) groups excluding carboxylic acids is 2. The summed E-state index contributed by atoms with van der Waals surface area (Å²) in [5.41, 5.74) is 1.86. The van der Waals surface area contributed by atoms with Crippen LogP contribution >= 0.6 is 0 Å². The molecule has 0 bridgehead atoms. The third kappa shape index (κ3) is 5.39. The number of benzene rings is 2. The molecule has 5 nitrogen and oxygen atoms in total. The predicted octanol–water partition coefficient (Wildman–Crippen LogP) is 3.37. The summed E-state index contributed by atoms with van der Waals surface area (Å²) in [5.74, 6) is -1.28. The molecule has 0 spiro atoms. The predicted molar refractivity (Wildman–Crippen MR) is 98.3 cm³/mol. The number of anilines is 1. The summed E-state index contributed by atoms with van der Waals surface area (Å²) in [6.45, 7) is 4.13. The van der Waals surface area contributed by atoms with Gasteiger partial charge in [-0.1, -0.05) is 26.0 Å². The molecule has 1 unspecified atom stereocenters. The average molecular weight is 358 g/mol. The van der Waals surface area contributed by atoms with Crippen LogP contribution in [-0.2, 0) is 16.1 Å². The molecule has 0 aliphatic carbocycles. The molecule has 2 amide bonds. The van der Waals surface area contributed by atoms with Crippen molar-refractivity contribution in [3.8, 4) is 0 Å². The molecule has 2 N–H and O–H groups in total. The van der Waals surface area contributed by atoms with Crippen molar-refractivity contribution in [2.24, 2.45) is 5.92 Å². The number of halogens is 1. The monoisotopic (exact) mass is 358 g/mol. The van der Waals surface area contributed by atoms with Crippen LogP contribution < -0.4 is 10.6 Å². The lowest BCUT2D eigenvalue weighted by molar-refractivity contribution is -0.118. The number of carbonyl (C=O) groups is 2. The second-order valence-electron chi connectivity index (χ2n) is 6.32. The molecule has 0 radical (unpaired) electrons. The van der Waals surface area contributed by atoms with Crippen LogP contribution in [0.25, 0.3) is 0 Å². The maximum absolute atomic E-state index is 13.0. The van der Waals surface area contributed by atoms with Gasteiger partial charge in [0.05, 0.1) is 6.61 Å². The van der Waals surface area contributed by atoms with E-state index in [-0.39, 0.29) is 11.8 Å². The van der Waals surface area contributed by atoms with Crippen molar-refractivity contribution in [2.75, 3.05) is 12.4 Å². The van der Waals surface area contributed by atoms with Crippen LogP contribution in [0.2, 0.25) is 0 Å². The zero-order valence-electron chi connectivity index (χ0n) is 15.1. The van der Waals surface area contributed by atoms with Gasteiger partial charge in [0.15, 0.2) is 0 Å². The number of ether oxygens (including phenoxy) is 1. The molecule has 0 aliphatic rings. The lowest BCUT2D eigenvalue weighted by atomic mass is 10.0. The van der Waals surface area contributed by atoms with Gasteiger partial charge in [-0.25, -0.2) is 4.39 Å². The molecule has 138 valence electrons. The first-order valence-corrected chi connectivity index (χ1v) is 8.36. The minimum atomic E-state index is -0.723. The Hall–Kier alpha value is -2.73. The van der Waals surface area contributed by atoms with E-state index in [1.165, 1.54) is 24.3 Å². The minimum absolute atomic E-state index is 0.124. The highest BCUT2D eigenvalue weighted by atomic mass is 19.1. The van der Waals surface area contributed by atoms with Crippen LogP contribution in [0, 0.1) is 11.7 Å². The van der Waals surface area contributed by atoms with Gasteiger partial charge < -0.3 is 15.4 Å². The first-order valence-electron chi connectivity index (χ1n) is 8.36. The van der Waals surface area contributed by atoms with Gasteiger partial charge in [0.25, 0.3) is 5.91 Å². The molecule has 2 aromatic carbocycles. The van der Waals surface area contributed by atoms with Crippen LogP contribution in [0.15, 0.2) is 48.5 Å². The van der Waals surface area contributed by atoms with Crippen molar-refractivity contribution in [1.29, 1.82) is 0 Å². The maximum Gasteiger partial charge on any atom is 0.251 e. The number of rotatable bonds is 7. The molecule has 1 atom stereocenters. The van der Waals surface area contributed by atoms with Gasteiger partial charge in [-0.05, 0) is 47.9 Å². The Morgan fingerprint density at radius 3 is 2.42 bits per heavy atom. The van der Waals surface area contributed by atoms with E-state index >= 15 is 0 Å². The lowest BCUT2D eigenvalue weighted by Gasteiger charge is -2.22. The summed E-state index contributed by atoms with van der Waals surface area (Å²) in [6, 6.07) is 11.8. The topological polar surface area (TPSA) is 67.4 Å².